The molecule has 1 aromatic rings. The molecule has 0 atom stereocenters. The van der Waals surface area contributed by atoms with Crippen molar-refractivity contribution in [1.29, 1.82) is 0 Å². The van der Waals surface area contributed by atoms with Gasteiger partial charge in [-0.3, -0.25) is 0 Å². The molecular weight excluding hydrogens is 138 g/mol. The summed E-state index contributed by atoms with van der Waals surface area (Å²) in [6, 6.07) is 0. The minimum atomic E-state index is 0.688. The van der Waals surface area contributed by atoms with E-state index in [-0.39, 0.29) is 0 Å². The van der Waals surface area contributed by atoms with Gasteiger partial charge in [0, 0.05) is 24.7 Å². The van der Waals surface area contributed by atoms with Crippen LogP contribution in [0.1, 0.15) is 24.9 Å². The number of aryl methyl sites for hydroxylation is 1. The van der Waals surface area contributed by atoms with Gasteiger partial charge in [-0.15, -0.1) is 0 Å². The normalized spacial score (nSPS) is 10.4. The minimum Gasteiger partial charge on any atom is -0.346 e. The summed E-state index contributed by atoms with van der Waals surface area (Å²) >= 11 is 0. The van der Waals surface area contributed by atoms with Gasteiger partial charge < -0.3 is 10.7 Å². The molecule has 0 spiro atoms. The van der Waals surface area contributed by atoms with E-state index in [1.807, 2.05) is 6.20 Å². The van der Waals surface area contributed by atoms with Crippen molar-refractivity contribution >= 4 is 0 Å². The van der Waals surface area contributed by atoms with Gasteiger partial charge in [-0.2, -0.15) is 0 Å². The lowest BCUT2D eigenvalue weighted by Crippen LogP contribution is -2.02. The monoisotopic (exact) mass is 153 g/mol. The van der Waals surface area contributed by atoms with Crippen LogP contribution in [0.5, 0.6) is 0 Å². The number of aromatic nitrogens is 2. The Kier molecular flexibility index (Phi) is 3.11. The maximum atomic E-state index is 5.40. The van der Waals surface area contributed by atoms with Crippen molar-refractivity contribution in [2.24, 2.45) is 5.73 Å². The zero-order valence-electron chi connectivity index (χ0n) is 6.93. The predicted octanol–water partition coefficient (Wildman–Crippen LogP) is 0.863. The molecule has 0 fully saturated rings. The first-order chi connectivity index (χ1) is 5.36. The Hall–Kier alpha value is -0.830. The van der Waals surface area contributed by atoms with Crippen molar-refractivity contribution in [1.82, 2.24) is 9.97 Å². The SMILES string of the molecule is CCCc1ncc(CCN)[nH]1. The molecule has 11 heavy (non-hydrogen) atoms. The second-order valence-corrected chi connectivity index (χ2v) is 2.64. The summed E-state index contributed by atoms with van der Waals surface area (Å²) in [5.41, 5.74) is 6.55. The second kappa shape index (κ2) is 4.13. The average molecular weight is 153 g/mol. The third-order valence-corrected chi connectivity index (χ3v) is 1.58. The summed E-state index contributed by atoms with van der Waals surface area (Å²) in [5.74, 6) is 1.08. The highest BCUT2D eigenvalue weighted by molar-refractivity contribution is 5.01. The second-order valence-electron chi connectivity index (χ2n) is 2.64. The van der Waals surface area contributed by atoms with Crippen LogP contribution in [0.3, 0.4) is 0 Å². The van der Waals surface area contributed by atoms with Crippen LogP contribution in [0.15, 0.2) is 6.20 Å². The van der Waals surface area contributed by atoms with Gasteiger partial charge >= 0.3 is 0 Å². The number of hydrogen-bond donors (Lipinski definition) is 2. The maximum absolute atomic E-state index is 5.40. The van der Waals surface area contributed by atoms with Crippen molar-refractivity contribution < 1.29 is 0 Å². The Bertz CT molecular complexity index is 184. The molecule has 62 valence electrons. The lowest BCUT2D eigenvalue weighted by Gasteiger charge is -1.91. The lowest BCUT2D eigenvalue weighted by molar-refractivity contribution is 0.844. The molecule has 3 nitrogen and oxygen atoms in total. The third-order valence-electron chi connectivity index (χ3n) is 1.58. The highest BCUT2D eigenvalue weighted by Gasteiger charge is 1.97. The minimum absolute atomic E-state index is 0.688. The first kappa shape index (κ1) is 8.27. The summed E-state index contributed by atoms with van der Waals surface area (Å²) in [6.45, 7) is 2.83. The zero-order chi connectivity index (χ0) is 8.10. The molecule has 1 heterocycles. The van der Waals surface area contributed by atoms with Gasteiger partial charge in [-0.1, -0.05) is 6.92 Å². The van der Waals surface area contributed by atoms with E-state index in [1.165, 1.54) is 0 Å². The quantitative estimate of drug-likeness (QED) is 0.674. The highest BCUT2D eigenvalue weighted by Crippen LogP contribution is 1.99. The van der Waals surface area contributed by atoms with Crippen molar-refractivity contribution in [2.75, 3.05) is 6.54 Å². The van der Waals surface area contributed by atoms with Gasteiger partial charge in [-0.25, -0.2) is 4.98 Å². The summed E-state index contributed by atoms with van der Waals surface area (Å²) in [4.78, 5) is 7.44. The molecule has 0 unspecified atom stereocenters. The van der Waals surface area contributed by atoms with Crippen molar-refractivity contribution in [3.8, 4) is 0 Å². The summed E-state index contributed by atoms with van der Waals surface area (Å²) < 4.78 is 0. The van der Waals surface area contributed by atoms with Gasteiger partial charge in [0.15, 0.2) is 0 Å². The van der Waals surface area contributed by atoms with Crippen LogP contribution in [-0.4, -0.2) is 16.5 Å². The maximum Gasteiger partial charge on any atom is 0.106 e. The van der Waals surface area contributed by atoms with Crippen LogP contribution in [-0.2, 0) is 12.8 Å². The molecule has 0 amide bonds. The lowest BCUT2D eigenvalue weighted by atomic mass is 10.3. The molecule has 0 aliphatic heterocycles. The molecule has 1 aromatic heterocycles. The topological polar surface area (TPSA) is 54.7 Å². The van der Waals surface area contributed by atoms with Crippen molar-refractivity contribution in [3.63, 3.8) is 0 Å². The van der Waals surface area contributed by atoms with Crippen LogP contribution in [0.2, 0.25) is 0 Å². The number of nitrogens with one attached hydrogen (secondary N) is 1. The van der Waals surface area contributed by atoms with Gasteiger partial charge in [0.2, 0.25) is 0 Å². The number of nitrogens with zero attached hydrogens (tertiary/aromatic N) is 1. The largest absolute Gasteiger partial charge is 0.346 e. The Balaban J connectivity index is 2.51. The van der Waals surface area contributed by atoms with E-state index in [4.69, 9.17) is 5.73 Å². The van der Waals surface area contributed by atoms with Crippen LogP contribution >= 0.6 is 0 Å². The van der Waals surface area contributed by atoms with E-state index >= 15 is 0 Å². The summed E-state index contributed by atoms with van der Waals surface area (Å²) in [5, 5.41) is 0. The van der Waals surface area contributed by atoms with Crippen LogP contribution in [0.4, 0.5) is 0 Å². The van der Waals surface area contributed by atoms with Crippen LogP contribution in [0.25, 0.3) is 0 Å². The van der Waals surface area contributed by atoms with E-state index in [0.29, 0.717) is 6.54 Å². The third kappa shape index (κ3) is 2.35. The summed E-state index contributed by atoms with van der Waals surface area (Å²) in [6.07, 6.45) is 4.94. The summed E-state index contributed by atoms with van der Waals surface area (Å²) in [7, 11) is 0. The molecule has 0 saturated carbocycles. The Morgan fingerprint density at radius 3 is 3.00 bits per heavy atom. The first-order valence-corrected chi connectivity index (χ1v) is 4.09. The molecule has 0 aliphatic carbocycles. The molecule has 0 radical (unpaired) electrons. The predicted molar refractivity (Wildman–Crippen MR) is 45.3 cm³/mol. The van der Waals surface area contributed by atoms with E-state index < -0.39 is 0 Å². The Labute approximate surface area is 67.0 Å². The fourth-order valence-corrected chi connectivity index (χ4v) is 1.05. The molecule has 0 saturated heterocycles. The molecule has 0 aromatic carbocycles. The highest BCUT2D eigenvalue weighted by atomic mass is 14.9. The zero-order valence-corrected chi connectivity index (χ0v) is 6.93. The molecule has 3 heteroatoms. The first-order valence-electron chi connectivity index (χ1n) is 4.09. The fourth-order valence-electron chi connectivity index (χ4n) is 1.05. The molecule has 0 bridgehead atoms. The van der Waals surface area contributed by atoms with E-state index in [2.05, 4.69) is 16.9 Å². The number of imidazole rings is 1. The average Bonchev–Trinajstić information content (AvgIpc) is 2.38. The standard InChI is InChI=1S/C8H15N3/c1-2-3-8-10-6-7(11-8)4-5-9/h6H,2-5,9H2,1H3,(H,10,11). The molecule has 1 rings (SSSR count). The number of nitrogens with two attached hydrogens (primary N) is 1. The van der Waals surface area contributed by atoms with E-state index in [9.17, 15) is 0 Å². The molecular formula is C8H15N3. The number of H-pyrrole nitrogens is 1. The van der Waals surface area contributed by atoms with Crippen molar-refractivity contribution in [3.05, 3.63) is 17.7 Å². The van der Waals surface area contributed by atoms with Gasteiger partial charge in [0.25, 0.3) is 0 Å². The number of hydrogen-bond acceptors (Lipinski definition) is 2. The van der Waals surface area contributed by atoms with E-state index in [0.717, 1.165) is 30.8 Å². The van der Waals surface area contributed by atoms with Gasteiger partial charge in [0.05, 0.1) is 0 Å². The van der Waals surface area contributed by atoms with Crippen molar-refractivity contribution in [2.45, 2.75) is 26.2 Å². The van der Waals surface area contributed by atoms with Crippen LogP contribution < -0.4 is 5.73 Å². The van der Waals surface area contributed by atoms with E-state index in [1.54, 1.807) is 0 Å². The fraction of sp³-hybridized carbons (Fsp3) is 0.625. The Morgan fingerprint density at radius 2 is 2.36 bits per heavy atom. The van der Waals surface area contributed by atoms with Gasteiger partial charge in [0.1, 0.15) is 5.82 Å². The number of aromatic amines is 1. The number of rotatable bonds is 4. The van der Waals surface area contributed by atoms with Crippen LogP contribution in [0, 0.1) is 0 Å². The van der Waals surface area contributed by atoms with Gasteiger partial charge in [-0.05, 0) is 13.0 Å². The molecule has 3 N–H and O–H groups in total. The smallest absolute Gasteiger partial charge is 0.106 e. The Morgan fingerprint density at radius 1 is 1.55 bits per heavy atom. The molecule has 0 aliphatic rings.